The smallest absolute Gasteiger partial charge is 0.261 e. The van der Waals surface area contributed by atoms with Gasteiger partial charge in [-0.2, -0.15) is 0 Å². The van der Waals surface area contributed by atoms with Crippen molar-refractivity contribution in [1.82, 2.24) is 5.32 Å². The molecule has 0 bridgehead atoms. The fraction of sp³-hybridized carbons (Fsp3) is 0.500. The third-order valence-corrected chi connectivity index (χ3v) is 4.48. The van der Waals surface area contributed by atoms with Crippen molar-refractivity contribution in [3.05, 3.63) is 29.8 Å². The van der Waals surface area contributed by atoms with Crippen LogP contribution in [0.5, 0.6) is 0 Å². The van der Waals surface area contributed by atoms with E-state index in [0.29, 0.717) is 19.4 Å². The van der Waals surface area contributed by atoms with Gasteiger partial charge in [-0.05, 0) is 38.0 Å². The van der Waals surface area contributed by atoms with E-state index < -0.39 is 14.7 Å². The minimum absolute atomic E-state index is 0.0548. The molecule has 0 fully saturated rings. The van der Waals surface area contributed by atoms with E-state index in [1.54, 1.807) is 19.2 Å². The van der Waals surface area contributed by atoms with E-state index >= 15 is 0 Å². The first kappa shape index (κ1) is 17.9. The Kier molecular flexibility index (Phi) is 6.19. The second kappa shape index (κ2) is 7.24. The highest BCUT2D eigenvalue weighted by Gasteiger charge is 2.17. The lowest BCUT2D eigenvalue weighted by molar-refractivity contribution is -0.122. The van der Waals surface area contributed by atoms with Crippen LogP contribution in [0.1, 0.15) is 25.8 Å². The van der Waals surface area contributed by atoms with Crippen molar-refractivity contribution >= 4 is 25.6 Å². The Hall–Kier alpha value is -1.11. The highest BCUT2D eigenvalue weighted by molar-refractivity contribution is 8.13. The SMILES string of the molecule is COC(C)(C)CNC(=O)CCc1ccc(S(=O)(=O)Cl)cc1. The molecule has 0 saturated heterocycles. The standard InChI is InChI=1S/C14H20ClNO4S/c1-14(2,20-3)10-16-13(17)9-6-11-4-7-12(8-5-11)21(15,18)19/h4-5,7-8H,6,9-10H2,1-3H3,(H,16,17). The molecule has 0 saturated carbocycles. The number of hydrogen-bond acceptors (Lipinski definition) is 4. The van der Waals surface area contributed by atoms with E-state index in [-0.39, 0.29) is 10.8 Å². The van der Waals surface area contributed by atoms with Crippen molar-refractivity contribution in [2.75, 3.05) is 13.7 Å². The molecule has 0 aromatic heterocycles. The number of amides is 1. The van der Waals surface area contributed by atoms with Crippen molar-refractivity contribution in [1.29, 1.82) is 0 Å². The van der Waals surface area contributed by atoms with Crippen LogP contribution in [0.4, 0.5) is 0 Å². The van der Waals surface area contributed by atoms with E-state index in [0.717, 1.165) is 5.56 Å². The van der Waals surface area contributed by atoms with Crippen molar-refractivity contribution in [3.63, 3.8) is 0 Å². The average Bonchev–Trinajstić information content (AvgIpc) is 2.42. The number of rotatable bonds is 7. The topological polar surface area (TPSA) is 72.5 Å². The van der Waals surface area contributed by atoms with Crippen LogP contribution in [-0.2, 0) is 25.0 Å². The molecule has 1 aromatic carbocycles. The molecule has 1 rings (SSSR count). The molecular formula is C14H20ClNO4S. The van der Waals surface area contributed by atoms with Crippen molar-refractivity contribution < 1.29 is 17.9 Å². The first-order valence-electron chi connectivity index (χ1n) is 6.49. The fourth-order valence-corrected chi connectivity index (χ4v) is 2.32. The molecular weight excluding hydrogens is 314 g/mol. The Morgan fingerprint density at radius 1 is 1.29 bits per heavy atom. The summed E-state index contributed by atoms with van der Waals surface area (Å²) in [6.45, 7) is 4.21. The minimum Gasteiger partial charge on any atom is -0.377 e. The predicted octanol–water partition coefficient (Wildman–Crippen LogP) is 2.09. The molecule has 1 amide bonds. The van der Waals surface area contributed by atoms with Gasteiger partial charge in [-0.25, -0.2) is 8.42 Å². The number of carbonyl (C=O) groups excluding carboxylic acids is 1. The summed E-state index contributed by atoms with van der Waals surface area (Å²) in [4.78, 5) is 11.8. The summed E-state index contributed by atoms with van der Waals surface area (Å²) in [5.41, 5.74) is 0.478. The van der Waals surface area contributed by atoms with Gasteiger partial charge in [-0.1, -0.05) is 12.1 Å². The number of nitrogens with one attached hydrogen (secondary N) is 1. The lowest BCUT2D eigenvalue weighted by Gasteiger charge is -2.23. The zero-order valence-electron chi connectivity index (χ0n) is 12.3. The molecule has 7 heteroatoms. The first-order valence-corrected chi connectivity index (χ1v) is 8.80. The Bertz CT molecular complexity index is 581. The van der Waals surface area contributed by atoms with Crippen molar-refractivity contribution in [2.24, 2.45) is 0 Å². The molecule has 5 nitrogen and oxygen atoms in total. The Morgan fingerprint density at radius 3 is 2.33 bits per heavy atom. The van der Waals surface area contributed by atoms with Gasteiger partial charge in [-0.3, -0.25) is 4.79 Å². The van der Waals surface area contributed by atoms with E-state index in [9.17, 15) is 13.2 Å². The molecule has 0 aliphatic heterocycles. The molecule has 0 aliphatic rings. The number of halogens is 1. The second-order valence-corrected chi connectivity index (χ2v) is 7.89. The number of ether oxygens (including phenoxy) is 1. The predicted molar refractivity (Wildman–Crippen MR) is 81.9 cm³/mol. The van der Waals surface area contributed by atoms with Crippen LogP contribution >= 0.6 is 10.7 Å². The Balaban J connectivity index is 2.47. The number of carbonyl (C=O) groups is 1. The van der Waals surface area contributed by atoms with Gasteiger partial charge in [0, 0.05) is 30.8 Å². The van der Waals surface area contributed by atoms with Gasteiger partial charge in [-0.15, -0.1) is 0 Å². The van der Waals surface area contributed by atoms with Gasteiger partial charge in [0.25, 0.3) is 9.05 Å². The van der Waals surface area contributed by atoms with Crippen LogP contribution in [0, 0.1) is 0 Å². The van der Waals surface area contributed by atoms with E-state index in [2.05, 4.69) is 5.32 Å². The van der Waals surface area contributed by atoms with Gasteiger partial charge < -0.3 is 10.1 Å². The highest BCUT2D eigenvalue weighted by Crippen LogP contribution is 2.16. The Morgan fingerprint density at radius 2 is 1.86 bits per heavy atom. The Labute approximate surface area is 130 Å². The summed E-state index contributed by atoms with van der Waals surface area (Å²) in [6.07, 6.45) is 0.856. The maximum absolute atomic E-state index is 11.7. The number of benzene rings is 1. The summed E-state index contributed by atoms with van der Waals surface area (Å²) in [5.74, 6) is -0.0748. The van der Waals surface area contributed by atoms with Gasteiger partial charge >= 0.3 is 0 Å². The molecule has 21 heavy (non-hydrogen) atoms. The highest BCUT2D eigenvalue weighted by atomic mass is 35.7. The maximum atomic E-state index is 11.7. The van der Waals surface area contributed by atoms with Gasteiger partial charge in [0.15, 0.2) is 0 Å². The molecule has 0 atom stereocenters. The van der Waals surface area contributed by atoms with Crippen LogP contribution in [0.15, 0.2) is 29.2 Å². The van der Waals surface area contributed by atoms with Crippen LogP contribution in [-0.4, -0.2) is 33.6 Å². The van der Waals surface area contributed by atoms with Gasteiger partial charge in [0.05, 0.1) is 10.5 Å². The van der Waals surface area contributed by atoms with Gasteiger partial charge in [0.1, 0.15) is 0 Å². The molecule has 0 heterocycles. The monoisotopic (exact) mass is 333 g/mol. The normalized spacial score (nSPS) is 12.2. The fourth-order valence-electron chi connectivity index (χ4n) is 1.55. The molecule has 1 aromatic rings. The van der Waals surface area contributed by atoms with E-state index in [1.165, 1.54) is 12.1 Å². The van der Waals surface area contributed by atoms with E-state index in [1.807, 2.05) is 13.8 Å². The minimum atomic E-state index is -3.70. The van der Waals surface area contributed by atoms with Crippen LogP contribution in [0.2, 0.25) is 0 Å². The molecule has 0 spiro atoms. The van der Waals surface area contributed by atoms with Crippen LogP contribution < -0.4 is 5.32 Å². The maximum Gasteiger partial charge on any atom is 0.261 e. The molecule has 118 valence electrons. The zero-order valence-corrected chi connectivity index (χ0v) is 13.9. The van der Waals surface area contributed by atoms with Crippen LogP contribution in [0.25, 0.3) is 0 Å². The molecule has 0 unspecified atom stereocenters. The largest absolute Gasteiger partial charge is 0.377 e. The third-order valence-electron chi connectivity index (χ3n) is 3.11. The van der Waals surface area contributed by atoms with Crippen LogP contribution in [0.3, 0.4) is 0 Å². The second-order valence-electron chi connectivity index (χ2n) is 5.32. The number of methoxy groups -OCH3 is 1. The lowest BCUT2D eigenvalue weighted by atomic mass is 10.1. The quantitative estimate of drug-likeness (QED) is 0.775. The summed E-state index contributed by atoms with van der Waals surface area (Å²) < 4.78 is 27.4. The number of hydrogen-bond donors (Lipinski definition) is 1. The summed E-state index contributed by atoms with van der Waals surface area (Å²) in [7, 11) is 3.13. The van der Waals surface area contributed by atoms with Crippen molar-refractivity contribution in [3.8, 4) is 0 Å². The molecule has 1 N–H and O–H groups in total. The molecule has 0 radical (unpaired) electrons. The van der Waals surface area contributed by atoms with Crippen molar-refractivity contribution in [2.45, 2.75) is 37.2 Å². The first-order chi connectivity index (χ1) is 9.64. The number of aryl methyl sites for hydroxylation is 1. The summed E-state index contributed by atoms with van der Waals surface area (Å²) >= 11 is 0. The third kappa shape index (κ3) is 6.46. The lowest BCUT2D eigenvalue weighted by Crippen LogP contribution is -2.39. The average molecular weight is 334 g/mol. The molecule has 0 aliphatic carbocycles. The zero-order chi connectivity index (χ0) is 16.1. The van der Waals surface area contributed by atoms with Gasteiger partial charge in [0.2, 0.25) is 5.91 Å². The van der Waals surface area contributed by atoms with E-state index in [4.69, 9.17) is 15.4 Å². The summed E-state index contributed by atoms with van der Waals surface area (Å²) in [5, 5.41) is 2.80. The summed E-state index contributed by atoms with van der Waals surface area (Å²) in [6, 6.07) is 6.18.